The van der Waals surface area contributed by atoms with Crippen molar-refractivity contribution in [3.8, 4) is 5.75 Å². The van der Waals surface area contributed by atoms with Crippen LogP contribution in [0, 0.1) is 0 Å². The molecule has 0 bridgehead atoms. The van der Waals surface area contributed by atoms with Crippen molar-refractivity contribution < 1.29 is 19.1 Å². The number of carbonyl (C=O) groups is 2. The van der Waals surface area contributed by atoms with E-state index in [0.29, 0.717) is 25.4 Å². The Bertz CT molecular complexity index is 745. The minimum Gasteiger partial charge on any atom is -0.489 e. The molecule has 0 saturated heterocycles. The van der Waals surface area contributed by atoms with E-state index in [-0.39, 0.29) is 30.8 Å². The van der Waals surface area contributed by atoms with Gasteiger partial charge < -0.3 is 20.1 Å². The predicted molar refractivity (Wildman–Crippen MR) is 114 cm³/mol. The summed E-state index contributed by atoms with van der Waals surface area (Å²) in [6.07, 6.45) is 1.25. The Labute approximate surface area is 172 Å². The van der Waals surface area contributed by atoms with Crippen molar-refractivity contribution in [2.75, 3.05) is 18.5 Å². The third-order valence-corrected chi connectivity index (χ3v) is 4.06. The fraction of sp³-hybridized carbons (Fsp3) is 0.391. The van der Waals surface area contributed by atoms with Gasteiger partial charge in [0.25, 0.3) is 0 Å². The van der Waals surface area contributed by atoms with Gasteiger partial charge in [0.05, 0.1) is 6.10 Å². The third kappa shape index (κ3) is 9.76. The van der Waals surface area contributed by atoms with Gasteiger partial charge in [0.1, 0.15) is 12.4 Å². The number of rotatable bonds is 12. The van der Waals surface area contributed by atoms with Gasteiger partial charge in [-0.25, -0.2) is 0 Å². The molecule has 0 aliphatic heterocycles. The monoisotopic (exact) mass is 398 g/mol. The van der Waals surface area contributed by atoms with Gasteiger partial charge in [-0.05, 0) is 50.1 Å². The summed E-state index contributed by atoms with van der Waals surface area (Å²) in [6, 6.07) is 17.1. The highest BCUT2D eigenvalue weighted by atomic mass is 16.5. The lowest BCUT2D eigenvalue weighted by molar-refractivity contribution is -0.124. The summed E-state index contributed by atoms with van der Waals surface area (Å²) in [4.78, 5) is 23.8. The Hall–Kier alpha value is -2.86. The zero-order valence-electron chi connectivity index (χ0n) is 17.1. The molecule has 156 valence electrons. The maximum absolute atomic E-state index is 12.0. The second kappa shape index (κ2) is 12.6. The number of nitrogens with one attached hydrogen (secondary N) is 2. The van der Waals surface area contributed by atoms with E-state index in [9.17, 15) is 9.59 Å². The van der Waals surface area contributed by atoms with E-state index in [4.69, 9.17) is 9.47 Å². The first kappa shape index (κ1) is 22.4. The van der Waals surface area contributed by atoms with Gasteiger partial charge in [0.15, 0.2) is 0 Å². The molecule has 0 aliphatic carbocycles. The highest BCUT2D eigenvalue weighted by Gasteiger charge is 2.07. The molecular formula is C23H30N2O4. The fourth-order valence-electron chi connectivity index (χ4n) is 2.53. The van der Waals surface area contributed by atoms with Crippen LogP contribution in [0.5, 0.6) is 5.75 Å². The first-order valence-corrected chi connectivity index (χ1v) is 9.98. The van der Waals surface area contributed by atoms with Crippen LogP contribution in [-0.2, 0) is 20.9 Å². The number of ether oxygens (including phenoxy) is 2. The van der Waals surface area contributed by atoms with Crippen molar-refractivity contribution in [3.05, 3.63) is 60.2 Å². The van der Waals surface area contributed by atoms with E-state index in [1.807, 2.05) is 56.3 Å². The van der Waals surface area contributed by atoms with Crippen molar-refractivity contribution in [1.82, 2.24) is 5.32 Å². The molecule has 0 radical (unpaired) electrons. The average molecular weight is 399 g/mol. The lowest BCUT2D eigenvalue weighted by Crippen LogP contribution is -2.26. The Kier molecular flexibility index (Phi) is 9.72. The van der Waals surface area contributed by atoms with E-state index in [1.54, 1.807) is 12.1 Å². The molecule has 0 spiro atoms. The molecule has 2 aromatic rings. The minimum atomic E-state index is -0.193. The van der Waals surface area contributed by atoms with Crippen LogP contribution in [0.1, 0.15) is 38.7 Å². The fourth-order valence-corrected chi connectivity index (χ4v) is 2.53. The Morgan fingerprint density at radius 2 is 1.62 bits per heavy atom. The molecule has 2 rings (SSSR count). The second-order valence-electron chi connectivity index (χ2n) is 6.97. The van der Waals surface area contributed by atoms with Gasteiger partial charge in [-0.15, -0.1) is 0 Å². The molecule has 0 aromatic heterocycles. The topological polar surface area (TPSA) is 76.7 Å². The van der Waals surface area contributed by atoms with E-state index < -0.39 is 0 Å². The van der Waals surface area contributed by atoms with Crippen molar-refractivity contribution in [2.24, 2.45) is 0 Å². The molecule has 0 unspecified atom stereocenters. The van der Waals surface area contributed by atoms with Crippen LogP contribution in [0.3, 0.4) is 0 Å². The molecule has 29 heavy (non-hydrogen) atoms. The first-order chi connectivity index (χ1) is 14.0. The molecule has 2 aromatic carbocycles. The SMILES string of the molecule is CC(C)OCCCNC(=O)CCC(=O)Nc1ccc(OCc2ccccc2)cc1. The van der Waals surface area contributed by atoms with Crippen molar-refractivity contribution in [3.63, 3.8) is 0 Å². The molecule has 2 N–H and O–H groups in total. The Morgan fingerprint density at radius 3 is 2.31 bits per heavy atom. The second-order valence-corrected chi connectivity index (χ2v) is 6.97. The minimum absolute atomic E-state index is 0.130. The highest BCUT2D eigenvalue weighted by Crippen LogP contribution is 2.17. The molecular weight excluding hydrogens is 368 g/mol. The van der Waals surface area contributed by atoms with Gasteiger partial charge in [-0.1, -0.05) is 30.3 Å². The molecule has 0 atom stereocenters. The summed E-state index contributed by atoms with van der Waals surface area (Å²) in [7, 11) is 0. The smallest absolute Gasteiger partial charge is 0.224 e. The van der Waals surface area contributed by atoms with E-state index in [1.165, 1.54) is 0 Å². The largest absolute Gasteiger partial charge is 0.489 e. The van der Waals surface area contributed by atoms with Crippen LogP contribution in [0.4, 0.5) is 5.69 Å². The van der Waals surface area contributed by atoms with Gasteiger partial charge in [-0.2, -0.15) is 0 Å². The molecule has 0 saturated carbocycles. The Balaban J connectivity index is 1.62. The first-order valence-electron chi connectivity index (χ1n) is 9.98. The predicted octanol–water partition coefficient (Wildman–Crippen LogP) is 3.92. The van der Waals surface area contributed by atoms with Crippen LogP contribution in [0.25, 0.3) is 0 Å². The number of hydrogen-bond acceptors (Lipinski definition) is 4. The number of hydrogen-bond donors (Lipinski definition) is 2. The maximum Gasteiger partial charge on any atom is 0.224 e. The summed E-state index contributed by atoms with van der Waals surface area (Å²) in [5.74, 6) is 0.406. The van der Waals surface area contributed by atoms with Crippen LogP contribution >= 0.6 is 0 Å². The van der Waals surface area contributed by atoms with Gasteiger partial charge in [0, 0.05) is 31.7 Å². The zero-order chi connectivity index (χ0) is 20.9. The van der Waals surface area contributed by atoms with Crippen LogP contribution in [-0.4, -0.2) is 31.1 Å². The van der Waals surface area contributed by atoms with Crippen LogP contribution < -0.4 is 15.4 Å². The molecule has 2 amide bonds. The van der Waals surface area contributed by atoms with Gasteiger partial charge in [0.2, 0.25) is 11.8 Å². The summed E-state index contributed by atoms with van der Waals surface area (Å²) in [6.45, 7) is 5.61. The Morgan fingerprint density at radius 1 is 0.931 bits per heavy atom. The summed E-state index contributed by atoms with van der Waals surface area (Å²) in [5, 5.41) is 5.59. The molecule has 6 nitrogen and oxygen atoms in total. The number of benzene rings is 2. The highest BCUT2D eigenvalue weighted by molar-refractivity contribution is 5.93. The number of carbonyl (C=O) groups excluding carboxylic acids is 2. The van der Waals surface area contributed by atoms with Crippen molar-refractivity contribution >= 4 is 17.5 Å². The summed E-state index contributed by atoms with van der Waals surface area (Å²) < 4.78 is 11.1. The van der Waals surface area contributed by atoms with Gasteiger partial charge in [-0.3, -0.25) is 9.59 Å². The number of amides is 2. The molecule has 0 aliphatic rings. The molecule has 0 heterocycles. The normalized spacial score (nSPS) is 10.6. The lowest BCUT2D eigenvalue weighted by Gasteiger charge is -2.09. The zero-order valence-corrected chi connectivity index (χ0v) is 17.1. The summed E-state index contributed by atoms with van der Waals surface area (Å²) >= 11 is 0. The quantitative estimate of drug-likeness (QED) is 0.532. The van der Waals surface area contributed by atoms with Crippen LogP contribution in [0.15, 0.2) is 54.6 Å². The molecule has 6 heteroatoms. The van der Waals surface area contributed by atoms with E-state index in [0.717, 1.165) is 17.7 Å². The van der Waals surface area contributed by atoms with Crippen molar-refractivity contribution in [1.29, 1.82) is 0 Å². The lowest BCUT2D eigenvalue weighted by atomic mass is 10.2. The van der Waals surface area contributed by atoms with Crippen molar-refractivity contribution in [2.45, 2.75) is 45.8 Å². The van der Waals surface area contributed by atoms with Gasteiger partial charge >= 0.3 is 0 Å². The maximum atomic E-state index is 12.0. The molecule has 0 fully saturated rings. The van der Waals surface area contributed by atoms with Crippen LogP contribution in [0.2, 0.25) is 0 Å². The van der Waals surface area contributed by atoms with E-state index >= 15 is 0 Å². The van der Waals surface area contributed by atoms with E-state index in [2.05, 4.69) is 10.6 Å². The standard InChI is InChI=1S/C23H30N2O4/c1-18(2)28-16-6-15-24-22(26)13-14-23(27)25-20-9-11-21(12-10-20)29-17-19-7-4-3-5-8-19/h3-5,7-12,18H,6,13-17H2,1-2H3,(H,24,26)(H,25,27). The average Bonchev–Trinajstić information content (AvgIpc) is 2.72. The summed E-state index contributed by atoms with van der Waals surface area (Å²) in [5.41, 5.74) is 1.77. The number of anilines is 1. The third-order valence-electron chi connectivity index (χ3n) is 4.06.